The summed E-state index contributed by atoms with van der Waals surface area (Å²) in [6, 6.07) is 28.5. The average molecular weight is 554 g/mol. The zero-order chi connectivity index (χ0) is 29.4. The van der Waals surface area contributed by atoms with Gasteiger partial charge in [0.25, 0.3) is 0 Å². The molecule has 0 amide bonds. The largest absolute Gasteiger partial charge is 0.507 e. The van der Waals surface area contributed by atoms with E-state index in [0.29, 0.717) is 17.3 Å². The summed E-state index contributed by atoms with van der Waals surface area (Å²) in [6.07, 6.45) is 5.61. The smallest absolute Gasteiger partial charge is 0.156 e. The molecule has 42 heavy (non-hydrogen) atoms. The summed E-state index contributed by atoms with van der Waals surface area (Å²) >= 11 is 0. The minimum Gasteiger partial charge on any atom is -0.507 e. The number of nitrogens with zero attached hydrogens (tertiary/aromatic N) is 4. The molecule has 6 heteroatoms. The van der Waals surface area contributed by atoms with Gasteiger partial charge < -0.3 is 10.1 Å². The highest BCUT2D eigenvalue weighted by Gasteiger charge is 2.20. The van der Waals surface area contributed by atoms with Crippen LogP contribution in [0.5, 0.6) is 5.75 Å². The van der Waals surface area contributed by atoms with Crippen molar-refractivity contribution in [3.8, 4) is 56.7 Å². The van der Waals surface area contributed by atoms with Gasteiger partial charge in [0.05, 0.1) is 17.6 Å². The molecule has 6 rings (SSSR count). The molecule has 3 heterocycles. The lowest BCUT2D eigenvalue weighted by Gasteiger charge is -2.20. The predicted molar refractivity (Wildman–Crippen MR) is 170 cm³/mol. The molecule has 0 aliphatic carbocycles. The molecule has 0 atom stereocenters. The summed E-state index contributed by atoms with van der Waals surface area (Å²) in [4.78, 5) is 17.8. The van der Waals surface area contributed by atoms with Crippen LogP contribution < -0.4 is 0 Å². The molecule has 0 aliphatic heterocycles. The van der Waals surface area contributed by atoms with E-state index < -0.39 is 0 Å². The average Bonchev–Trinajstić information content (AvgIpc) is 3.68. The third kappa shape index (κ3) is 5.23. The summed E-state index contributed by atoms with van der Waals surface area (Å²) in [5, 5.41) is 10.3. The predicted octanol–water partition coefficient (Wildman–Crippen LogP) is 8.78. The van der Waals surface area contributed by atoms with Crippen molar-refractivity contribution in [1.29, 1.82) is 0 Å². The van der Waals surface area contributed by atoms with E-state index in [1.807, 2.05) is 29.2 Å². The number of imidazole rings is 2. The highest BCUT2D eigenvalue weighted by Crippen LogP contribution is 2.36. The fourth-order valence-electron chi connectivity index (χ4n) is 5.27. The molecule has 210 valence electrons. The van der Waals surface area contributed by atoms with Crippen LogP contribution >= 0.6 is 0 Å². The number of H-pyrrole nitrogens is 1. The molecule has 6 aromatic rings. The van der Waals surface area contributed by atoms with E-state index >= 15 is 0 Å². The van der Waals surface area contributed by atoms with Crippen LogP contribution in [0.1, 0.15) is 51.7 Å². The molecule has 0 spiro atoms. The number of rotatable bonds is 6. The van der Waals surface area contributed by atoms with Gasteiger partial charge in [0.2, 0.25) is 0 Å². The minimum atomic E-state index is -0.115. The molecule has 2 N–H and O–H groups in total. The van der Waals surface area contributed by atoms with E-state index in [-0.39, 0.29) is 11.2 Å². The Morgan fingerprint density at radius 1 is 0.762 bits per heavy atom. The molecule has 0 bridgehead atoms. The van der Waals surface area contributed by atoms with Crippen molar-refractivity contribution >= 4 is 0 Å². The van der Waals surface area contributed by atoms with E-state index in [1.54, 1.807) is 18.3 Å². The molecular weight excluding hydrogens is 518 g/mol. The third-order valence-corrected chi connectivity index (χ3v) is 7.61. The number of aromatic nitrogens is 5. The van der Waals surface area contributed by atoms with Crippen molar-refractivity contribution in [3.05, 3.63) is 115 Å². The van der Waals surface area contributed by atoms with Crippen LogP contribution in [-0.2, 0) is 5.41 Å². The molecule has 3 aromatic carbocycles. The fraction of sp³-hybridized carbons (Fsp3) is 0.194. The van der Waals surface area contributed by atoms with Crippen LogP contribution in [-0.4, -0.2) is 29.6 Å². The maximum atomic E-state index is 10.3. The Balaban J connectivity index is 1.42. The molecule has 3 aromatic heterocycles. The van der Waals surface area contributed by atoms with Crippen molar-refractivity contribution < 1.29 is 5.11 Å². The number of benzene rings is 3. The Bertz CT molecular complexity index is 1870. The molecule has 0 unspecified atom stereocenters. The highest BCUT2D eigenvalue weighted by molar-refractivity contribution is 5.83. The summed E-state index contributed by atoms with van der Waals surface area (Å²) < 4.78 is 1.98. The van der Waals surface area contributed by atoms with Gasteiger partial charge in [-0.1, -0.05) is 95.3 Å². The normalized spacial score (nSPS) is 11.8. The Morgan fingerprint density at radius 3 is 2.14 bits per heavy atom. The van der Waals surface area contributed by atoms with Crippen LogP contribution in [0.2, 0.25) is 0 Å². The Kier molecular flexibility index (Phi) is 6.99. The van der Waals surface area contributed by atoms with Gasteiger partial charge in [0.1, 0.15) is 23.6 Å². The lowest BCUT2D eigenvalue weighted by molar-refractivity contribution is 0.477. The second-order valence-corrected chi connectivity index (χ2v) is 12.0. The van der Waals surface area contributed by atoms with E-state index in [2.05, 4.69) is 105 Å². The number of hydrogen-bond acceptors (Lipinski definition) is 4. The lowest BCUT2D eigenvalue weighted by atomic mass is 9.87. The number of pyridine rings is 1. The molecule has 0 fully saturated rings. The standard InChI is InChI=1S/C36H35N5O/c1-23(2)25-12-6-7-13-26(25)27-14-8-9-15-28(27)32-21-41(22-38-32)34-19-24(36(3,4)5)18-30(39-34)35-37-20-31(40-35)29-16-10-11-17-33(29)42/h6-23,42H,1-5H3,(H,37,40). The Morgan fingerprint density at radius 2 is 1.43 bits per heavy atom. The molecule has 6 nitrogen and oxygen atoms in total. The van der Waals surface area contributed by atoms with Crippen molar-refractivity contribution in [1.82, 2.24) is 24.5 Å². The topological polar surface area (TPSA) is 79.6 Å². The lowest BCUT2D eigenvalue weighted by Crippen LogP contribution is -2.13. The Labute approximate surface area is 246 Å². The maximum Gasteiger partial charge on any atom is 0.156 e. The molecule has 0 aliphatic rings. The Hall–Kier alpha value is -4.97. The number of phenols is 1. The molecule has 0 saturated carbocycles. The van der Waals surface area contributed by atoms with Gasteiger partial charge in [-0.25, -0.2) is 15.0 Å². The van der Waals surface area contributed by atoms with Crippen molar-refractivity contribution in [3.63, 3.8) is 0 Å². The SMILES string of the molecule is CC(C)c1ccccc1-c1ccccc1-c1cn(-c2cc(C(C)(C)C)cc(-c3ncc(-c4ccccc4O)[nH]3)n2)cn1. The third-order valence-electron chi connectivity index (χ3n) is 7.61. The number of nitrogens with one attached hydrogen (secondary N) is 1. The monoisotopic (exact) mass is 553 g/mol. The van der Waals surface area contributed by atoms with Gasteiger partial charge in [-0.2, -0.15) is 0 Å². The van der Waals surface area contributed by atoms with Crippen LogP contribution in [0.15, 0.2) is 104 Å². The van der Waals surface area contributed by atoms with Crippen molar-refractivity contribution in [2.75, 3.05) is 0 Å². The minimum absolute atomic E-state index is 0.115. The first-order valence-corrected chi connectivity index (χ1v) is 14.3. The fourth-order valence-corrected chi connectivity index (χ4v) is 5.27. The van der Waals surface area contributed by atoms with Crippen LogP contribution in [0.25, 0.3) is 51.0 Å². The van der Waals surface area contributed by atoms with E-state index in [9.17, 15) is 5.11 Å². The quantitative estimate of drug-likeness (QED) is 0.216. The maximum absolute atomic E-state index is 10.3. The first-order chi connectivity index (χ1) is 20.2. The number of para-hydroxylation sites is 1. The molecule has 0 saturated heterocycles. The summed E-state index contributed by atoms with van der Waals surface area (Å²) in [5.74, 6) is 2.00. The van der Waals surface area contributed by atoms with Gasteiger partial charge in [0, 0.05) is 17.3 Å². The zero-order valence-corrected chi connectivity index (χ0v) is 24.6. The summed E-state index contributed by atoms with van der Waals surface area (Å²) in [7, 11) is 0. The van der Waals surface area contributed by atoms with Crippen LogP contribution in [0, 0.1) is 0 Å². The molecule has 0 radical (unpaired) electrons. The second kappa shape index (κ2) is 10.8. The molecular formula is C36H35N5O. The van der Waals surface area contributed by atoms with E-state index in [4.69, 9.17) is 9.97 Å². The number of aromatic hydroxyl groups is 1. The van der Waals surface area contributed by atoms with E-state index in [0.717, 1.165) is 39.6 Å². The van der Waals surface area contributed by atoms with E-state index in [1.165, 1.54) is 11.1 Å². The number of phenolic OH excluding ortho intramolecular Hbond substituents is 1. The van der Waals surface area contributed by atoms with Gasteiger partial charge in [-0.3, -0.25) is 4.57 Å². The first kappa shape index (κ1) is 27.2. The van der Waals surface area contributed by atoms with Crippen molar-refractivity contribution in [2.24, 2.45) is 0 Å². The van der Waals surface area contributed by atoms with Gasteiger partial charge in [-0.15, -0.1) is 0 Å². The van der Waals surface area contributed by atoms with Crippen molar-refractivity contribution in [2.45, 2.75) is 46.0 Å². The van der Waals surface area contributed by atoms with Crippen LogP contribution in [0.4, 0.5) is 0 Å². The van der Waals surface area contributed by atoms with Gasteiger partial charge in [0.15, 0.2) is 5.82 Å². The zero-order valence-electron chi connectivity index (χ0n) is 24.6. The van der Waals surface area contributed by atoms with Gasteiger partial charge in [-0.05, 0) is 57.9 Å². The van der Waals surface area contributed by atoms with Gasteiger partial charge >= 0.3 is 0 Å². The van der Waals surface area contributed by atoms with Crippen LogP contribution in [0.3, 0.4) is 0 Å². The number of hydrogen-bond donors (Lipinski definition) is 2. The summed E-state index contributed by atoms with van der Waals surface area (Å²) in [6.45, 7) is 11.0. The second-order valence-electron chi connectivity index (χ2n) is 12.0. The highest BCUT2D eigenvalue weighted by atomic mass is 16.3. The summed E-state index contributed by atoms with van der Waals surface area (Å²) in [5.41, 5.74) is 8.83. The number of aromatic amines is 1. The first-order valence-electron chi connectivity index (χ1n) is 14.3.